The smallest absolute Gasteiger partial charge is 0.341 e. The summed E-state index contributed by atoms with van der Waals surface area (Å²) in [7, 11) is 0. The molecule has 0 saturated heterocycles. The van der Waals surface area contributed by atoms with Gasteiger partial charge in [0.05, 0.1) is 5.69 Å². The van der Waals surface area contributed by atoms with Gasteiger partial charge in [-0.1, -0.05) is 64.5 Å². The highest BCUT2D eigenvalue weighted by atomic mass is 16.5. The van der Waals surface area contributed by atoms with Gasteiger partial charge in [-0.25, -0.2) is 4.79 Å². The van der Waals surface area contributed by atoms with E-state index in [2.05, 4.69) is 12.1 Å². The van der Waals surface area contributed by atoms with E-state index in [0.717, 1.165) is 12.8 Å². The molecule has 0 aliphatic carbocycles. The molecule has 4 heteroatoms. The van der Waals surface area contributed by atoms with Crippen molar-refractivity contribution in [2.75, 3.05) is 0 Å². The van der Waals surface area contributed by atoms with Gasteiger partial charge in [-0.2, -0.15) is 0 Å². The van der Waals surface area contributed by atoms with Crippen LogP contribution in [0.2, 0.25) is 0 Å². The molecule has 0 unspecified atom stereocenters. The highest BCUT2D eigenvalue weighted by Crippen LogP contribution is 2.20. The Balaban J connectivity index is 2.44. The van der Waals surface area contributed by atoms with Gasteiger partial charge in [0, 0.05) is 6.42 Å². The van der Waals surface area contributed by atoms with Crippen LogP contribution in [0.3, 0.4) is 0 Å². The van der Waals surface area contributed by atoms with Crippen LogP contribution in [-0.2, 0) is 12.8 Å². The van der Waals surface area contributed by atoms with E-state index in [1.807, 2.05) is 13.8 Å². The van der Waals surface area contributed by atoms with Gasteiger partial charge in [0.15, 0.2) is 5.76 Å². The molecule has 1 heterocycles. The average molecular weight is 295 g/mol. The number of carbonyl (C=O) groups is 1. The third kappa shape index (κ3) is 6.32. The zero-order valence-corrected chi connectivity index (χ0v) is 13.7. The third-order valence-electron chi connectivity index (χ3n) is 3.66. The molecule has 0 aromatic carbocycles. The minimum Gasteiger partial charge on any atom is -0.477 e. The number of aryl methyl sites for hydroxylation is 1. The summed E-state index contributed by atoms with van der Waals surface area (Å²) < 4.78 is 5.25. The van der Waals surface area contributed by atoms with Gasteiger partial charge in [0.1, 0.15) is 5.56 Å². The Morgan fingerprint density at radius 3 is 2.33 bits per heavy atom. The lowest BCUT2D eigenvalue weighted by Crippen LogP contribution is -2.05. The molecule has 0 aliphatic heterocycles. The summed E-state index contributed by atoms with van der Waals surface area (Å²) in [5, 5.41) is 13.3. The van der Waals surface area contributed by atoms with Gasteiger partial charge < -0.3 is 9.63 Å². The van der Waals surface area contributed by atoms with Crippen LogP contribution in [-0.4, -0.2) is 16.2 Å². The largest absolute Gasteiger partial charge is 0.477 e. The van der Waals surface area contributed by atoms with Crippen LogP contribution >= 0.6 is 0 Å². The number of carboxylic acids is 1. The predicted octanol–water partition coefficient (Wildman–Crippen LogP) is 4.86. The fraction of sp³-hybridized carbons (Fsp3) is 0.765. The molecule has 1 N–H and O–H groups in total. The summed E-state index contributed by atoms with van der Waals surface area (Å²) in [5.41, 5.74) is 0.918. The van der Waals surface area contributed by atoms with Crippen molar-refractivity contribution in [3.8, 4) is 0 Å². The lowest BCUT2D eigenvalue weighted by Gasteiger charge is -2.02. The van der Waals surface area contributed by atoms with Gasteiger partial charge in [-0.05, 0) is 18.8 Å². The Bertz CT molecular complexity index is 424. The third-order valence-corrected chi connectivity index (χ3v) is 3.66. The van der Waals surface area contributed by atoms with E-state index < -0.39 is 5.97 Å². The highest BCUT2D eigenvalue weighted by Gasteiger charge is 2.22. The first-order valence-corrected chi connectivity index (χ1v) is 8.27. The Morgan fingerprint density at radius 1 is 1.14 bits per heavy atom. The van der Waals surface area contributed by atoms with Crippen LogP contribution in [0, 0.1) is 5.92 Å². The van der Waals surface area contributed by atoms with Crippen molar-refractivity contribution in [3.63, 3.8) is 0 Å². The number of carboxylic acid groups (broad SMARTS) is 1. The molecule has 4 nitrogen and oxygen atoms in total. The quantitative estimate of drug-likeness (QED) is 0.592. The molecule has 1 aromatic heterocycles. The number of rotatable bonds is 11. The number of unbranched alkanes of at least 4 members (excludes halogenated alkanes) is 6. The van der Waals surface area contributed by atoms with Gasteiger partial charge in [-0.3, -0.25) is 0 Å². The molecule has 21 heavy (non-hydrogen) atoms. The number of aromatic carboxylic acids is 1. The second-order valence-electron chi connectivity index (χ2n) is 6.20. The van der Waals surface area contributed by atoms with E-state index in [4.69, 9.17) is 4.52 Å². The highest BCUT2D eigenvalue weighted by molar-refractivity contribution is 5.89. The van der Waals surface area contributed by atoms with Crippen molar-refractivity contribution in [2.24, 2.45) is 5.92 Å². The molecule has 1 aromatic rings. The molecule has 0 radical (unpaired) electrons. The fourth-order valence-electron chi connectivity index (χ4n) is 2.54. The number of aromatic nitrogens is 1. The zero-order chi connectivity index (χ0) is 15.7. The van der Waals surface area contributed by atoms with Crippen molar-refractivity contribution in [2.45, 2.75) is 78.6 Å². The molecule has 0 fully saturated rings. The Labute approximate surface area is 127 Å². The van der Waals surface area contributed by atoms with Gasteiger partial charge >= 0.3 is 5.97 Å². The first-order valence-electron chi connectivity index (χ1n) is 8.27. The molecule has 1 rings (SSSR count). The SMILES string of the molecule is CCCCCCCCCc1noc(CC(C)C)c1C(=O)O. The fourth-order valence-corrected chi connectivity index (χ4v) is 2.54. The van der Waals surface area contributed by atoms with Crippen LogP contribution in [0.4, 0.5) is 0 Å². The van der Waals surface area contributed by atoms with E-state index in [0.29, 0.717) is 35.8 Å². The normalized spacial score (nSPS) is 11.2. The summed E-state index contributed by atoms with van der Waals surface area (Å²) in [6.07, 6.45) is 9.83. The number of hydrogen-bond acceptors (Lipinski definition) is 3. The van der Waals surface area contributed by atoms with E-state index in [-0.39, 0.29) is 0 Å². The molecule has 0 atom stereocenters. The summed E-state index contributed by atoms with van der Waals surface area (Å²) in [5.74, 6) is -0.0252. The summed E-state index contributed by atoms with van der Waals surface area (Å²) in [6, 6.07) is 0. The van der Waals surface area contributed by atoms with Crippen molar-refractivity contribution in [1.82, 2.24) is 5.16 Å². The molecule has 0 aliphatic rings. The molecule has 0 bridgehead atoms. The standard InChI is InChI=1S/C17H29NO3/c1-4-5-6-7-8-9-10-11-14-16(17(19)20)15(21-18-14)12-13(2)3/h13H,4-12H2,1-3H3,(H,19,20). The topological polar surface area (TPSA) is 63.3 Å². The molecule has 0 amide bonds. The van der Waals surface area contributed by atoms with E-state index in [9.17, 15) is 9.90 Å². The maximum atomic E-state index is 11.4. The maximum Gasteiger partial charge on any atom is 0.341 e. The van der Waals surface area contributed by atoms with Gasteiger partial charge in [-0.15, -0.1) is 0 Å². The lowest BCUT2D eigenvalue weighted by molar-refractivity contribution is 0.0693. The van der Waals surface area contributed by atoms with Crippen LogP contribution in [0.5, 0.6) is 0 Å². The molecule has 120 valence electrons. The second kappa shape index (κ2) is 9.59. The number of hydrogen-bond donors (Lipinski definition) is 1. The van der Waals surface area contributed by atoms with Crippen molar-refractivity contribution < 1.29 is 14.4 Å². The molecule has 0 saturated carbocycles. The van der Waals surface area contributed by atoms with Crippen LogP contribution in [0.25, 0.3) is 0 Å². The van der Waals surface area contributed by atoms with E-state index in [1.165, 1.54) is 32.1 Å². The zero-order valence-electron chi connectivity index (χ0n) is 13.7. The summed E-state index contributed by atoms with van der Waals surface area (Å²) in [6.45, 7) is 6.31. The van der Waals surface area contributed by atoms with E-state index >= 15 is 0 Å². The Kier molecular flexibility index (Phi) is 8.09. The maximum absolute atomic E-state index is 11.4. The number of nitrogens with zero attached hydrogens (tertiary/aromatic N) is 1. The van der Waals surface area contributed by atoms with Crippen LogP contribution < -0.4 is 0 Å². The summed E-state index contributed by atoms with van der Waals surface area (Å²) in [4.78, 5) is 11.4. The lowest BCUT2D eigenvalue weighted by atomic mass is 10.0. The first kappa shape index (κ1) is 17.7. The van der Waals surface area contributed by atoms with Crippen molar-refractivity contribution in [3.05, 3.63) is 17.0 Å². The van der Waals surface area contributed by atoms with E-state index in [1.54, 1.807) is 0 Å². The average Bonchev–Trinajstić information content (AvgIpc) is 2.80. The van der Waals surface area contributed by atoms with Crippen LogP contribution in [0.15, 0.2) is 4.52 Å². The van der Waals surface area contributed by atoms with Crippen molar-refractivity contribution >= 4 is 5.97 Å². The van der Waals surface area contributed by atoms with Crippen LogP contribution in [0.1, 0.15) is 87.5 Å². The minimum atomic E-state index is -0.912. The predicted molar refractivity (Wildman–Crippen MR) is 83.7 cm³/mol. The van der Waals surface area contributed by atoms with Gasteiger partial charge in [0.2, 0.25) is 0 Å². The second-order valence-corrected chi connectivity index (χ2v) is 6.20. The minimum absolute atomic E-state index is 0.301. The Hall–Kier alpha value is -1.32. The van der Waals surface area contributed by atoms with Crippen molar-refractivity contribution in [1.29, 1.82) is 0 Å². The molecular formula is C17H29NO3. The summed E-state index contributed by atoms with van der Waals surface area (Å²) >= 11 is 0. The van der Waals surface area contributed by atoms with Gasteiger partial charge in [0.25, 0.3) is 0 Å². The molecule has 0 spiro atoms. The Morgan fingerprint density at radius 2 is 1.76 bits per heavy atom. The molecular weight excluding hydrogens is 266 g/mol. The first-order chi connectivity index (χ1) is 10.1. The monoisotopic (exact) mass is 295 g/mol.